The average Bonchev–Trinajstić information content (AvgIpc) is 3.05. The van der Waals surface area contributed by atoms with Crippen molar-refractivity contribution < 1.29 is 29.3 Å². The standard InChI is InChI=1S/C24H25NO6/c26-21(27)23(24(29)9-11-30-12-10-24)14-25(15-23)22(28)31-13-20-18-7-3-1-5-16(18)17-6-2-4-8-19(17)20/h1-8,20,29H,9-15H2,(H,26,27). The molecule has 162 valence electrons. The summed E-state index contributed by atoms with van der Waals surface area (Å²) in [5.41, 5.74) is 1.79. The third-order valence-corrected chi connectivity index (χ3v) is 7.14. The van der Waals surface area contributed by atoms with E-state index in [2.05, 4.69) is 12.1 Å². The lowest BCUT2D eigenvalue weighted by Crippen LogP contribution is -2.73. The molecule has 1 aliphatic carbocycles. The topological polar surface area (TPSA) is 96.3 Å². The monoisotopic (exact) mass is 423 g/mol. The van der Waals surface area contributed by atoms with Crippen LogP contribution in [0.15, 0.2) is 48.5 Å². The first-order chi connectivity index (χ1) is 15.0. The highest BCUT2D eigenvalue weighted by atomic mass is 16.6. The van der Waals surface area contributed by atoms with Crippen LogP contribution in [0.4, 0.5) is 4.79 Å². The Hall–Kier alpha value is -2.90. The number of benzene rings is 2. The van der Waals surface area contributed by atoms with E-state index >= 15 is 0 Å². The first-order valence-corrected chi connectivity index (χ1v) is 10.6. The lowest BCUT2D eigenvalue weighted by atomic mass is 9.63. The van der Waals surface area contributed by atoms with Crippen LogP contribution in [0.5, 0.6) is 0 Å². The second-order valence-electron chi connectivity index (χ2n) is 8.69. The maximum atomic E-state index is 12.7. The molecule has 2 heterocycles. The van der Waals surface area contributed by atoms with Crippen molar-refractivity contribution in [3.63, 3.8) is 0 Å². The number of likely N-dealkylation sites (tertiary alicyclic amines) is 1. The van der Waals surface area contributed by atoms with Crippen LogP contribution in [0.1, 0.15) is 29.9 Å². The molecule has 5 rings (SSSR count). The predicted octanol–water partition coefficient (Wildman–Crippen LogP) is 2.86. The molecular weight excluding hydrogens is 398 g/mol. The molecule has 31 heavy (non-hydrogen) atoms. The molecule has 0 saturated carbocycles. The van der Waals surface area contributed by atoms with Gasteiger partial charge in [0.15, 0.2) is 0 Å². The molecule has 2 N–H and O–H groups in total. The first-order valence-electron chi connectivity index (χ1n) is 10.6. The lowest BCUT2D eigenvalue weighted by molar-refractivity contribution is -0.210. The van der Waals surface area contributed by atoms with Gasteiger partial charge in [-0.1, -0.05) is 48.5 Å². The molecule has 2 saturated heterocycles. The predicted molar refractivity (Wildman–Crippen MR) is 112 cm³/mol. The van der Waals surface area contributed by atoms with Gasteiger partial charge in [0.05, 0.1) is 5.60 Å². The van der Waals surface area contributed by atoms with E-state index in [1.807, 2.05) is 36.4 Å². The van der Waals surface area contributed by atoms with Crippen LogP contribution in [0, 0.1) is 5.41 Å². The molecule has 7 nitrogen and oxygen atoms in total. The van der Waals surface area contributed by atoms with Crippen LogP contribution in [-0.4, -0.2) is 65.7 Å². The van der Waals surface area contributed by atoms with Gasteiger partial charge < -0.3 is 24.6 Å². The van der Waals surface area contributed by atoms with Crippen molar-refractivity contribution in [3.8, 4) is 11.1 Å². The number of carboxylic acid groups (broad SMARTS) is 1. The van der Waals surface area contributed by atoms with Gasteiger partial charge in [0.2, 0.25) is 0 Å². The van der Waals surface area contributed by atoms with E-state index in [0.717, 1.165) is 22.3 Å². The summed E-state index contributed by atoms with van der Waals surface area (Å²) in [7, 11) is 0. The third-order valence-electron chi connectivity index (χ3n) is 7.14. The van der Waals surface area contributed by atoms with Crippen molar-refractivity contribution in [2.75, 3.05) is 32.9 Å². The van der Waals surface area contributed by atoms with Crippen LogP contribution in [0.2, 0.25) is 0 Å². The maximum absolute atomic E-state index is 12.7. The summed E-state index contributed by atoms with van der Waals surface area (Å²) in [5, 5.41) is 20.8. The van der Waals surface area contributed by atoms with Crippen molar-refractivity contribution in [1.29, 1.82) is 0 Å². The Balaban J connectivity index is 1.28. The van der Waals surface area contributed by atoms with Gasteiger partial charge in [0, 0.05) is 45.1 Å². The number of aliphatic hydroxyl groups is 1. The maximum Gasteiger partial charge on any atom is 0.409 e. The van der Waals surface area contributed by atoms with Crippen molar-refractivity contribution in [3.05, 3.63) is 59.7 Å². The molecule has 2 aromatic rings. The number of nitrogens with zero attached hydrogens (tertiary/aromatic N) is 1. The molecule has 0 bridgehead atoms. The van der Waals surface area contributed by atoms with Gasteiger partial charge in [-0.05, 0) is 22.3 Å². The molecule has 0 atom stereocenters. The van der Waals surface area contributed by atoms with Crippen molar-refractivity contribution >= 4 is 12.1 Å². The number of carboxylic acids is 1. The zero-order chi connectivity index (χ0) is 21.6. The van der Waals surface area contributed by atoms with Crippen molar-refractivity contribution in [2.24, 2.45) is 5.41 Å². The fourth-order valence-electron chi connectivity index (χ4n) is 5.24. The van der Waals surface area contributed by atoms with Crippen LogP contribution in [-0.2, 0) is 14.3 Å². The number of carbonyl (C=O) groups excluding carboxylic acids is 1. The van der Waals surface area contributed by atoms with E-state index in [9.17, 15) is 19.8 Å². The smallest absolute Gasteiger partial charge is 0.409 e. The lowest BCUT2D eigenvalue weighted by Gasteiger charge is -2.55. The molecule has 2 aliphatic heterocycles. The van der Waals surface area contributed by atoms with E-state index < -0.39 is 23.1 Å². The van der Waals surface area contributed by atoms with E-state index in [-0.39, 0.29) is 38.5 Å². The molecule has 2 aromatic carbocycles. The number of carbonyl (C=O) groups is 2. The Labute approximate surface area is 180 Å². The first kappa shape index (κ1) is 20.0. The molecule has 0 spiro atoms. The molecular formula is C24H25NO6. The molecule has 1 amide bonds. The highest BCUT2D eigenvalue weighted by Crippen LogP contribution is 2.47. The van der Waals surface area contributed by atoms with Crippen LogP contribution in [0.3, 0.4) is 0 Å². The number of aliphatic carboxylic acids is 1. The zero-order valence-corrected chi connectivity index (χ0v) is 17.1. The number of fused-ring (bicyclic) bond motifs is 3. The van der Waals surface area contributed by atoms with Gasteiger partial charge in [-0.15, -0.1) is 0 Å². The minimum absolute atomic E-state index is 0.0541. The Bertz CT molecular complexity index is 977. The highest BCUT2D eigenvalue weighted by molar-refractivity contribution is 5.82. The van der Waals surface area contributed by atoms with Crippen LogP contribution >= 0.6 is 0 Å². The summed E-state index contributed by atoms with van der Waals surface area (Å²) >= 11 is 0. The molecule has 0 aromatic heterocycles. The van der Waals surface area contributed by atoms with Gasteiger partial charge in [0.1, 0.15) is 12.0 Å². The quantitative estimate of drug-likeness (QED) is 0.785. The van der Waals surface area contributed by atoms with Gasteiger partial charge in [-0.25, -0.2) is 4.79 Å². The van der Waals surface area contributed by atoms with Gasteiger partial charge in [-0.3, -0.25) is 4.79 Å². The Morgan fingerprint density at radius 1 is 1.00 bits per heavy atom. The number of hydrogen-bond acceptors (Lipinski definition) is 5. The largest absolute Gasteiger partial charge is 0.481 e. The van der Waals surface area contributed by atoms with Crippen LogP contribution in [0.25, 0.3) is 11.1 Å². The number of amides is 1. The fourth-order valence-corrected chi connectivity index (χ4v) is 5.24. The normalized spacial score (nSPS) is 21.0. The molecule has 3 aliphatic rings. The van der Waals surface area contributed by atoms with Gasteiger partial charge >= 0.3 is 12.1 Å². The summed E-state index contributed by atoms with van der Waals surface area (Å²) < 4.78 is 10.9. The highest BCUT2D eigenvalue weighted by Gasteiger charge is 2.64. The number of rotatable bonds is 4. The summed E-state index contributed by atoms with van der Waals surface area (Å²) in [6.07, 6.45) is -0.0512. The summed E-state index contributed by atoms with van der Waals surface area (Å²) in [5.74, 6) is -1.14. The number of hydrogen-bond donors (Lipinski definition) is 2. The second-order valence-corrected chi connectivity index (χ2v) is 8.69. The van der Waals surface area contributed by atoms with Gasteiger partial charge in [0.25, 0.3) is 0 Å². The molecule has 0 unspecified atom stereocenters. The molecule has 2 fully saturated rings. The minimum atomic E-state index is -1.38. The van der Waals surface area contributed by atoms with Crippen LogP contribution < -0.4 is 0 Å². The summed E-state index contributed by atoms with van der Waals surface area (Å²) in [4.78, 5) is 26.1. The molecule has 0 radical (unpaired) electrons. The third kappa shape index (κ3) is 3.03. The summed E-state index contributed by atoms with van der Waals surface area (Å²) in [6.45, 7) is 0.694. The van der Waals surface area contributed by atoms with Gasteiger partial charge in [-0.2, -0.15) is 0 Å². The fraction of sp³-hybridized carbons (Fsp3) is 0.417. The molecule has 7 heteroatoms. The van der Waals surface area contributed by atoms with E-state index in [1.54, 1.807) is 0 Å². The van der Waals surface area contributed by atoms with E-state index in [0.29, 0.717) is 13.2 Å². The zero-order valence-electron chi connectivity index (χ0n) is 17.1. The van der Waals surface area contributed by atoms with Crippen molar-refractivity contribution in [2.45, 2.75) is 24.4 Å². The minimum Gasteiger partial charge on any atom is -0.481 e. The average molecular weight is 423 g/mol. The number of ether oxygens (including phenoxy) is 2. The Morgan fingerprint density at radius 3 is 2.10 bits per heavy atom. The SMILES string of the molecule is O=C(OCC1c2ccccc2-c2ccccc21)N1CC(C(=O)O)(C2(O)CCOCC2)C1. The van der Waals surface area contributed by atoms with Crippen molar-refractivity contribution in [1.82, 2.24) is 4.90 Å². The summed E-state index contributed by atoms with van der Waals surface area (Å²) in [6, 6.07) is 16.2. The van der Waals surface area contributed by atoms with E-state index in [1.165, 1.54) is 4.90 Å². The van der Waals surface area contributed by atoms with E-state index in [4.69, 9.17) is 9.47 Å². The Kier molecular flexibility index (Phi) is 4.75. The second kappa shape index (κ2) is 7.35. The Morgan fingerprint density at radius 2 is 1.55 bits per heavy atom.